The average molecular weight is 377 g/mol. The molecule has 1 unspecified atom stereocenters. The van der Waals surface area contributed by atoms with Gasteiger partial charge in [-0.25, -0.2) is 0 Å². The highest BCUT2D eigenvalue weighted by molar-refractivity contribution is 6.30. The summed E-state index contributed by atoms with van der Waals surface area (Å²) in [7, 11) is 3.43. The van der Waals surface area contributed by atoms with E-state index < -0.39 is 0 Å². The molecule has 0 fully saturated rings. The lowest BCUT2D eigenvalue weighted by atomic mass is 10.2. The molecule has 0 heterocycles. The summed E-state index contributed by atoms with van der Waals surface area (Å²) >= 11 is 5.84. The first-order valence-electron chi connectivity index (χ1n) is 8.47. The van der Waals surface area contributed by atoms with E-state index in [1.165, 1.54) is 0 Å². The Hall–Kier alpha value is -2.24. The Balaban J connectivity index is 1.80. The number of ether oxygens (including phenoxy) is 2. The smallest absolute Gasteiger partial charge is 0.244 e. The van der Waals surface area contributed by atoms with Crippen LogP contribution < -0.4 is 10.1 Å². The van der Waals surface area contributed by atoms with Gasteiger partial charge in [0.15, 0.2) is 0 Å². The molecule has 26 heavy (non-hydrogen) atoms. The maximum absolute atomic E-state index is 12.5. The molecule has 2 aromatic carbocycles. The molecule has 0 bridgehead atoms. The van der Waals surface area contributed by atoms with Gasteiger partial charge in [-0.2, -0.15) is 0 Å². The highest BCUT2D eigenvalue weighted by atomic mass is 35.5. The van der Waals surface area contributed by atoms with Crippen molar-refractivity contribution < 1.29 is 14.3 Å². The van der Waals surface area contributed by atoms with Gasteiger partial charge in [0.1, 0.15) is 18.4 Å². The van der Waals surface area contributed by atoms with Crippen molar-refractivity contribution in [1.29, 1.82) is 0 Å². The molecule has 0 saturated heterocycles. The lowest BCUT2D eigenvalue weighted by Crippen LogP contribution is -2.40. The normalized spacial score (nSPS) is 11.7. The van der Waals surface area contributed by atoms with Crippen LogP contribution in [-0.4, -0.2) is 44.2 Å². The molecule has 6 heteroatoms. The molecule has 140 valence electrons. The molecule has 0 aliphatic heterocycles. The van der Waals surface area contributed by atoms with Gasteiger partial charge in [-0.05, 0) is 48.9 Å². The minimum absolute atomic E-state index is 0.00171. The lowest BCUT2D eigenvalue weighted by molar-refractivity contribution is -0.130. The first kappa shape index (κ1) is 20.1. The molecule has 1 atom stereocenters. The second kappa shape index (κ2) is 10.0. The molecule has 0 aliphatic rings. The van der Waals surface area contributed by atoms with Gasteiger partial charge >= 0.3 is 0 Å². The molecule has 2 rings (SSSR count). The standard InChI is InChI=1S/C20H25ClN2O3/c1-15(22-18-6-4-5-16(13-18)14-25-3)20(24)23(2)11-12-26-19-9-7-17(21)8-10-19/h4-10,13,15,22H,11-12,14H2,1-3H3. The molecular formula is C20H25ClN2O3. The molecule has 1 amide bonds. The van der Waals surface area contributed by atoms with Crippen LogP contribution in [0.3, 0.4) is 0 Å². The SMILES string of the molecule is COCc1cccc(NC(C)C(=O)N(C)CCOc2ccc(Cl)cc2)c1. The Morgan fingerprint density at radius 2 is 1.96 bits per heavy atom. The fraction of sp³-hybridized carbons (Fsp3) is 0.350. The van der Waals surface area contributed by atoms with Crippen molar-refractivity contribution in [2.45, 2.75) is 19.6 Å². The number of likely N-dealkylation sites (N-methyl/N-ethyl adjacent to an activating group) is 1. The zero-order valence-corrected chi connectivity index (χ0v) is 16.1. The van der Waals surface area contributed by atoms with Gasteiger partial charge in [0.05, 0.1) is 13.2 Å². The van der Waals surface area contributed by atoms with Crippen LogP contribution in [0.4, 0.5) is 5.69 Å². The summed E-state index contributed by atoms with van der Waals surface area (Å²) in [6, 6.07) is 14.7. The van der Waals surface area contributed by atoms with Crippen LogP contribution in [0.25, 0.3) is 0 Å². The Bertz CT molecular complexity index is 706. The maximum atomic E-state index is 12.5. The summed E-state index contributed by atoms with van der Waals surface area (Å²) in [5.41, 5.74) is 1.95. The summed E-state index contributed by atoms with van der Waals surface area (Å²) in [4.78, 5) is 14.2. The third-order valence-corrected chi connectivity index (χ3v) is 4.13. The predicted molar refractivity (Wildman–Crippen MR) is 105 cm³/mol. The largest absolute Gasteiger partial charge is 0.492 e. The lowest BCUT2D eigenvalue weighted by Gasteiger charge is -2.23. The van der Waals surface area contributed by atoms with Gasteiger partial charge in [0.25, 0.3) is 0 Å². The maximum Gasteiger partial charge on any atom is 0.244 e. The zero-order chi connectivity index (χ0) is 18.9. The monoisotopic (exact) mass is 376 g/mol. The average Bonchev–Trinajstić information content (AvgIpc) is 2.63. The Morgan fingerprint density at radius 1 is 1.23 bits per heavy atom. The number of anilines is 1. The second-order valence-electron chi connectivity index (χ2n) is 6.06. The number of benzene rings is 2. The van der Waals surface area contributed by atoms with E-state index in [1.54, 1.807) is 43.3 Å². The van der Waals surface area contributed by atoms with E-state index in [9.17, 15) is 4.79 Å². The highest BCUT2D eigenvalue weighted by Crippen LogP contribution is 2.16. The molecule has 1 N–H and O–H groups in total. The summed E-state index contributed by atoms with van der Waals surface area (Å²) in [5.74, 6) is 0.734. The van der Waals surface area contributed by atoms with Gasteiger partial charge in [-0.3, -0.25) is 4.79 Å². The van der Waals surface area contributed by atoms with E-state index in [-0.39, 0.29) is 11.9 Å². The van der Waals surface area contributed by atoms with Crippen LogP contribution in [0.1, 0.15) is 12.5 Å². The predicted octanol–water partition coefficient (Wildman–Crippen LogP) is 3.82. The molecule has 0 aromatic heterocycles. The number of nitrogens with one attached hydrogen (secondary N) is 1. The van der Waals surface area contributed by atoms with Crippen LogP contribution in [0.2, 0.25) is 5.02 Å². The number of halogens is 1. The van der Waals surface area contributed by atoms with Crippen LogP contribution in [0.5, 0.6) is 5.75 Å². The first-order valence-corrected chi connectivity index (χ1v) is 8.85. The van der Waals surface area contributed by atoms with E-state index in [2.05, 4.69) is 5.32 Å². The Labute approximate surface area is 159 Å². The van der Waals surface area contributed by atoms with E-state index in [1.807, 2.05) is 31.2 Å². The fourth-order valence-electron chi connectivity index (χ4n) is 2.50. The topological polar surface area (TPSA) is 50.8 Å². The van der Waals surface area contributed by atoms with Crippen molar-refractivity contribution in [2.75, 3.05) is 32.6 Å². The van der Waals surface area contributed by atoms with E-state index in [0.717, 1.165) is 17.0 Å². The number of amides is 1. The summed E-state index contributed by atoms with van der Waals surface area (Å²) in [6.45, 7) is 3.30. The molecule has 0 saturated carbocycles. The number of hydrogen-bond donors (Lipinski definition) is 1. The van der Waals surface area contributed by atoms with Gasteiger partial charge in [-0.15, -0.1) is 0 Å². The molecule has 2 aromatic rings. The van der Waals surface area contributed by atoms with Gasteiger partial charge in [-0.1, -0.05) is 23.7 Å². The van der Waals surface area contributed by atoms with E-state index in [0.29, 0.717) is 24.8 Å². The molecular weight excluding hydrogens is 352 g/mol. The van der Waals surface area contributed by atoms with Crippen LogP contribution in [0, 0.1) is 0 Å². The first-order chi connectivity index (χ1) is 12.5. The minimum atomic E-state index is -0.340. The van der Waals surface area contributed by atoms with Crippen molar-refractivity contribution in [2.24, 2.45) is 0 Å². The Kier molecular flexibility index (Phi) is 7.75. The summed E-state index contributed by atoms with van der Waals surface area (Å²) in [6.07, 6.45) is 0. The van der Waals surface area contributed by atoms with Crippen molar-refractivity contribution in [3.05, 3.63) is 59.1 Å². The number of rotatable bonds is 9. The number of carbonyl (C=O) groups excluding carboxylic acids is 1. The van der Waals surface area contributed by atoms with Gasteiger partial charge in [0, 0.05) is 24.9 Å². The van der Waals surface area contributed by atoms with Gasteiger partial charge in [0.2, 0.25) is 5.91 Å². The van der Waals surface area contributed by atoms with Crippen LogP contribution in [-0.2, 0) is 16.1 Å². The van der Waals surface area contributed by atoms with E-state index >= 15 is 0 Å². The number of hydrogen-bond acceptors (Lipinski definition) is 4. The molecule has 5 nitrogen and oxygen atoms in total. The van der Waals surface area contributed by atoms with Crippen molar-refractivity contribution >= 4 is 23.2 Å². The minimum Gasteiger partial charge on any atom is -0.492 e. The fourth-order valence-corrected chi connectivity index (χ4v) is 2.63. The van der Waals surface area contributed by atoms with Crippen LogP contribution >= 0.6 is 11.6 Å². The number of carbonyl (C=O) groups is 1. The van der Waals surface area contributed by atoms with E-state index in [4.69, 9.17) is 21.1 Å². The Morgan fingerprint density at radius 3 is 2.65 bits per heavy atom. The molecule has 0 spiro atoms. The number of nitrogens with zero attached hydrogens (tertiary/aromatic N) is 1. The quantitative estimate of drug-likeness (QED) is 0.722. The second-order valence-corrected chi connectivity index (χ2v) is 6.50. The zero-order valence-electron chi connectivity index (χ0n) is 15.4. The molecule has 0 aliphatic carbocycles. The molecule has 0 radical (unpaired) electrons. The number of methoxy groups -OCH3 is 1. The van der Waals surface area contributed by atoms with Crippen molar-refractivity contribution in [1.82, 2.24) is 4.90 Å². The van der Waals surface area contributed by atoms with Crippen LogP contribution in [0.15, 0.2) is 48.5 Å². The summed E-state index contributed by atoms with van der Waals surface area (Å²) in [5, 5.41) is 3.90. The van der Waals surface area contributed by atoms with Gasteiger partial charge < -0.3 is 19.7 Å². The van der Waals surface area contributed by atoms with Crippen molar-refractivity contribution in [3.8, 4) is 5.75 Å². The van der Waals surface area contributed by atoms with Crippen molar-refractivity contribution in [3.63, 3.8) is 0 Å². The summed E-state index contributed by atoms with van der Waals surface area (Å²) < 4.78 is 10.8. The highest BCUT2D eigenvalue weighted by Gasteiger charge is 2.17. The third-order valence-electron chi connectivity index (χ3n) is 3.88. The third kappa shape index (κ3) is 6.24.